The van der Waals surface area contributed by atoms with Crippen molar-refractivity contribution in [3.8, 4) is 6.07 Å². The van der Waals surface area contributed by atoms with Crippen LogP contribution in [0.4, 0.5) is 0 Å². The second-order valence-corrected chi connectivity index (χ2v) is 4.02. The first-order valence-electron chi connectivity index (χ1n) is 5.24. The topological polar surface area (TPSA) is 49.0 Å². The summed E-state index contributed by atoms with van der Waals surface area (Å²) in [5.41, 5.74) is 1.18. The number of aryl methyl sites for hydroxylation is 2. The Morgan fingerprint density at radius 3 is 2.60 bits per heavy atom. The number of furan rings is 1. The summed E-state index contributed by atoms with van der Waals surface area (Å²) in [4.78, 5) is 0. The SMILES string of the molecule is Cc1cc(C(C)NC(C)CC#N)c(C)o1. The number of nitrogens with one attached hydrogen (secondary N) is 1. The highest BCUT2D eigenvalue weighted by molar-refractivity contribution is 5.23. The van der Waals surface area contributed by atoms with E-state index in [2.05, 4.69) is 18.3 Å². The van der Waals surface area contributed by atoms with Crippen LogP contribution in [-0.4, -0.2) is 6.04 Å². The average Bonchev–Trinajstić information content (AvgIpc) is 2.45. The molecule has 0 aromatic carbocycles. The first kappa shape index (κ1) is 11.8. The van der Waals surface area contributed by atoms with Gasteiger partial charge in [-0.05, 0) is 33.8 Å². The predicted octanol–water partition coefficient (Wildman–Crippen LogP) is 2.85. The van der Waals surface area contributed by atoms with Crippen LogP contribution in [0.1, 0.15) is 43.4 Å². The molecule has 1 aromatic rings. The van der Waals surface area contributed by atoms with E-state index in [1.165, 1.54) is 5.56 Å². The monoisotopic (exact) mass is 206 g/mol. The molecule has 3 nitrogen and oxygen atoms in total. The molecule has 0 amide bonds. The van der Waals surface area contributed by atoms with Gasteiger partial charge in [-0.15, -0.1) is 0 Å². The minimum absolute atomic E-state index is 0.208. The van der Waals surface area contributed by atoms with Crippen molar-refractivity contribution in [3.63, 3.8) is 0 Å². The van der Waals surface area contributed by atoms with Gasteiger partial charge in [-0.25, -0.2) is 0 Å². The highest BCUT2D eigenvalue weighted by atomic mass is 16.3. The summed E-state index contributed by atoms with van der Waals surface area (Å²) >= 11 is 0. The molecule has 0 aliphatic heterocycles. The van der Waals surface area contributed by atoms with E-state index in [4.69, 9.17) is 9.68 Å². The van der Waals surface area contributed by atoms with Gasteiger partial charge in [-0.1, -0.05) is 0 Å². The fourth-order valence-corrected chi connectivity index (χ4v) is 1.79. The van der Waals surface area contributed by atoms with E-state index in [0.29, 0.717) is 6.42 Å². The summed E-state index contributed by atoms with van der Waals surface area (Å²) in [5, 5.41) is 11.9. The predicted molar refractivity (Wildman–Crippen MR) is 59.4 cm³/mol. The zero-order valence-corrected chi connectivity index (χ0v) is 9.79. The Morgan fingerprint density at radius 1 is 1.47 bits per heavy atom. The molecule has 1 rings (SSSR count). The van der Waals surface area contributed by atoms with Crippen molar-refractivity contribution in [1.82, 2.24) is 5.32 Å². The number of nitrogens with zero attached hydrogens (tertiary/aromatic N) is 1. The highest BCUT2D eigenvalue weighted by Gasteiger charge is 2.14. The number of nitriles is 1. The third-order valence-electron chi connectivity index (χ3n) is 2.48. The van der Waals surface area contributed by atoms with Crippen LogP contribution in [0.3, 0.4) is 0 Å². The van der Waals surface area contributed by atoms with Crippen LogP contribution >= 0.6 is 0 Å². The number of rotatable bonds is 4. The van der Waals surface area contributed by atoms with Gasteiger partial charge in [0.2, 0.25) is 0 Å². The molecule has 0 aliphatic rings. The molecule has 0 aliphatic carbocycles. The molecule has 1 aromatic heterocycles. The van der Waals surface area contributed by atoms with Gasteiger partial charge in [0.15, 0.2) is 0 Å². The van der Waals surface area contributed by atoms with Crippen molar-refractivity contribution < 1.29 is 4.42 Å². The quantitative estimate of drug-likeness (QED) is 0.824. The molecule has 3 heteroatoms. The molecular formula is C12H18N2O. The van der Waals surface area contributed by atoms with Gasteiger partial charge in [0, 0.05) is 17.6 Å². The van der Waals surface area contributed by atoms with Gasteiger partial charge >= 0.3 is 0 Å². The van der Waals surface area contributed by atoms with Crippen molar-refractivity contribution in [3.05, 3.63) is 23.2 Å². The van der Waals surface area contributed by atoms with Gasteiger partial charge < -0.3 is 9.73 Å². The Morgan fingerprint density at radius 2 is 2.13 bits per heavy atom. The van der Waals surface area contributed by atoms with Crippen LogP contribution in [0.2, 0.25) is 0 Å². The maximum absolute atomic E-state index is 8.57. The molecule has 0 spiro atoms. The standard InChI is InChI=1S/C12H18N2O/c1-8(5-6-13)14-10(3)12-7-9(2)15-11(12)4/h7-8,10,14H,5H2,1-4H3. The van der Waals surface area contributed by atoms with E-state index in [0.717, 1.165) is 11.5 Å². The van der Waals surface area contributed by atoms with Crippen molar-refractivity contribution in [1.29, 1.82) is 5.26 Å². The lowest BCUT2D eigenvalue weighted by atomic mass is 10.1. The third kappa shape index (κ3) is 3.10. The van der Waals surface area contributed by atoms with Crippen LogP contribution in [0.25, 0.3) is 0 Å². The van der Waals surface area contributed by atoms with Crippen molar-refractivity contribution in [2.45, 2.75) is 46.2 Å². The zero-order chi connectivity index (χ0) is 11.4. The Bertz CT molecular complexity index is 362. The molecule has 2 unspecified atom stereocenters. The third-order valence-corrected chi connectivity index (χ3v) is 2.48. The summed E-state index contributed by atoms with van der Waals surface area (Å²) in [6, 6.07) is 4.64. The normalized spacial score (nSPS) is 14.6. The average molecular weight is 206 g/mol. The van der Waals surface area contributed by atoms with E-state index >= 15 is 0 Å². The van der Waals surface area contributed by atoms with Crippen molar-refractivity contribution in [2.75, 3.05) is 0 Å². The Kier molecular flexibility index (Phi) is 3.93. The summed E-state index contributed by atoms with van der Waals surface area (Å²) in [5.74, 6) is 1.89. The van der Waals surface area contributed by atoms with Crippen LogP contribution in [-0.2, 0) is 0 Å². The number of hydrogen-bond acceptors (Lipinski definition) is 3. The summed E-state index contributed by atoms with van der Waals surface area (Å²) in [7, 11) is 0. The van der Waals surface area contributed by atoms with Crippen LogP contribution in [0.15, 0.2) is 10.5 Å². The van der Waals surface area contributed by atoms with Crippen LogP contribution in [0.5, 0.6) is 0 Å². The van der Waals surface area contributed by atoms with E-state index < -0.39 is 0 Å². The van der Waals surface area contributed by atoms with Gasteiger partial charge in [-0.2, -0.15) is 5.26 Å². The summed E-state index contributed by atoms with van der Waals surface area (Å²) in [6.07, 6.45) is 0.528. The fourth-order valence-electron chi connectivity index (χ4n) is 1.79. The largest absolute Gasteiger partial charge is 0.466 e. The van der Waals surface area contributed by atoms with Gasteiger partial charge in [0.05, 0.1) is 12.5 Å². The molecule has 0 saturated carbocycles. The number of hydrogen-bond donors (Lipinski definition) is 1. The molecule has 82 valence electrons. The second kappa shape index (κ2) is 4.99. The molecule has 0 radical (unpaired) electrons. The maximum atomic E-state index is 8.57. The molecule has 0 bridgehead atoms. The molecule has 15 heavy (non-hydrogen) atoms. The Hall–Kier alpha value is -1.27. The first-order chi connectivity index (χ1) is 7.04. The highest BCUT2D eigenvalue weighted by Crippen LogP contribution is 2.21. The van der Waals surface area contributed by atoms with Gasteiger partial charge in [-0.3, -0.25) is 0 Å². The summed E-state index contributed by atoms with van der Waals surface area (Å²) in [6.45, 7) is 8.02. The molecule has 0 fully saturated rings. The molecule has 1 heterocycles. The first-order valence-corrected chi connectivity index (χ1v) is 5.24. The molecular weight excluding hydrogens is 188 g/mol. The molecule has 2 atom stereocenters. The minimum Gasteiger partial charge on any atom is -0.466 e. The lowest BCUT2D eigenvalue weighted by Crippen LogP contribution is -2.28. The van der Waals surface area contributed by atoms with E-state index in [1.807, 2.05) is 26.8 Å². The molecule has 1 N–H and O–H groups in total. The van der Waals surface area contributed by atoms with Gasteiger partial charge in [0.1, 0.15) is 11.5 Å². The van der Waals surface area contributed by atoms with E-state index in [1.54, 1.807) is 0 Å². The maximum Gasteiger partial charge on any atom is 0.105 e. The van der Waals surface area contributed by atoms with E-state index in [-0.39, 0.29) is 12.1 Å². The lowest BCUT2D eigenvalue weighted by molar-refractivity contribution is 0.464. The van der Waals surface area contributed by atoms with Crippen molar-refractivity contribution >= 4 is 0 Å². The Balaban J connectivity index is 2.65. The fraction of sp³-hybridized carbons (Fsp3) is 0.583. The van der Waals surface area contributed by atoms with Crippen molar-refractivity contribution in [2.24, 2.45) is 0 Å². The lowest BCUT2D eigenvalue weighted by Gasteiger charge is -2.17. The van der Waals surface area contributed by atoms with Gasteiger partial charge in [0.25, 0.3) is 0 Å². The van der Waals surface area contributed by atoms with Crippen LogP contribution in [0, 0.1) is 25.2 Å². The summed E-state index contributed by atoms with van der Waals surface area (Å²) < 4.78 is 5.47. The van der Waals surface area contributed by atoms with Crippen LogP contribution < -0.4 is 5.32 Å². The van der Waals surface area contributed by atoms with E-state index in [9.17, 15) is 0 Å². The Labute approximate surface area is 91.1 Å². The smallest absolute Gasteiger partial charge is 0.105 e. The second-order valence-electron chi connectivity index (χ2n) is 4.02. The minimum atomic E-state index is 0.208. The zero-order valence-electron chi connectivity index (χ0n) is 9.79. The molecule has 0 saturated heterocycles.